The maximum Gasteiger partial charge on any atom is 0.254 e. The van der Waals surface area contributed by atoms with E-state index in [0.717, 1.165) is 45.5 Å². The van der Waals surface area contributed by atoms with Gasteiger partial charge < -0.3 is 15.0 Å². The van der Waals surface area contributed by atoms with Crippen molar-refractivity contribution in [3.63, 3.8) is 0 Å². The van der Waals surface area contributed by atoms with E-state index in [-0.39, 0.29) is 5.91 Å². The van der Waals surface area contributed by atoms with Gasteiger partial charge in [-0.25, -0.2) is 0 Å². The van der Waals surface area contributed by atoms with Gasteiger partial charge in [0.1, 0.15) is 5.60 Å². The van der Waals surface area contributed by atoms with Crippen LogP contribution in [-0.2, 0) is 9.53 Å². The highest BCUT2D eigenvalue weighted by Gasteiger charge is 2.42. The predicted octanol–water partition coefficient (Wildman–Crippen LogP) is 0.623. The summed E-state index contributed by atoms with van der Waals surface area (Å²) in [7, 11) is 1.96. The first-order chi connectivity index (χ1) is 7.65. The van der Waals surface area contributed by atoms with E-state index in [9.17, 15) is 4.79 Å². The summed E-state index contributed by atoms with van der Waals surface area (Å²) in [5.41, 5.74) is -0.533. The smallest absolute Gasteiger partial charge is 0.254 e. The van der Waals surface area contributed by atoms with Gasteiger partial charge in [-0.3, -0.25) is 4.79 Å². The summed E-state index contributed by atoms with van der Waals surface area (Å²) < 4.78 is 5.60. The third-order valence-electron chi connectivity index (χ3n) is 3.74. The van der Waals surface area contributed by atoms with Crippen LogP contribution in [0.1, 0.15) is 26.2 Å². The Bertz CT molecular complexity index is 262. The second kappa shape index (κ2) is 4.72. The van der Waals surface area contributed by atoms with Crippen molar-refractivity contribution in [1.82, 2.24) is 10.2 Å². The molecule has 4 nitrogen and oxygen atoms in total. The van der Waals surface area contributed by atoms with Gasteiger partial charge >= 0.3 is 0 Å². The number of hydrogen-bond acceptors (Lipinski definition) is 3. The first-order valence-corrected chi connectivity index (χ1v) is 6.23. The lowest BCUT2D eigenvalue weighted by Crippen LogP contribution is -2.46. The van der Waals surface area contributed by atoms with Crippen molar-refractivity contribution in [2.24, 2.45) is 5.92 Å². The van der Waals surface area contributed by atoms with Crippen LogP contribution in [0.3, 0.4) is 0 Å². The molecule has 1 N–H and O–H groups in total. The molecule has 0 aromatic heterocycles. The zero-order valence-electron chi connectivity index (χ0n) is 10.3. The first-order valence-electron chi connectivity index (χ1n) is 6.23. The van der Waals surface area contributed by atoms with Crippen LogP contribution in [0.15, 0.2) is 0 Å². The second-order valence-electron chi connectivity index (χ2n) is 5.15. The molecule has 0 bridgehead atoms. The fourth-order valence-corrected chi connectivity index (χ4v) is 2.75. The van der Waals surface area contributed by atoms with Gasteiger partial charge in [0.25, 0.3) is 5.91 Å². The van der Waals surface area contributed by atoms with Gasteiger partial charge in [-0.2, -0.15) is 0 Å². The van der Waals surface area contributed by atoms with E-state index in [4.69, 9.17) is 4.74 Å². The van der Waals surface area contributed by atoms with E-state index in [2.05, 4.69) is 5.32 Å². The average molecular weight is 226 g/mol. The van der Waals surface area contributed by atoms with Crippen LogP contribution in [0.5, 0.6) is 0 Å². The van der Waals surface area contributed by atoms with Gasteiger partial charge in [0.15, 0.2) is 0 Å². The van der Waals surface area contributed by atoms with Crippen molar-refractivity contribution in [2.75, 3.05) is 33.3 Å². The number of amides is 1. The molecule has 2 fully saturated rings. The lowest BCUT2D eigenvalue weighted by molar-refractivity contribution is -0.149. The Balaban J connectivity index is 1.91. The highest BCUT2D eigenvalue weighted by molar-refractivity contribution is 5.85. The first kappa shape index (κ1) is 11.9. The molecule has 2 saturated heterocycles. The Kier molecular flexibility index (Phi) is 3.50. The molecule has 0 radical (unpaired) electrons. The highest BCUT2D eigenvalue weighted by Crippen LogP contribution is 2.29. The molecule has 0 aromatic carbocycles. The fourth-order valence-electron chi connectivity index (χ4n) is 2.75. The van der Waals surface area contributed by atoms with E-state index in [1.165, 1.54) is 0 Å². The minimum atomic E-state index is -0.533. The lowest BCUT2D eigenvalue weighted by atomic mass is 10.0. The van der Waals surface area contributed by atoms with Gasteiger partial charge in [-0.1, -0.05) is 0 Å². The van der Waals surface area contributed by atoms with Crippen molar-refractivity contribution in [1.29, 1.82) is 0 Å². The molecule has 2 aliphatic rings. The van der Waals surface area contributed by atoms with Gasteiger partial charge in [-0.05, 0) is 45.7 Å². The van der Waals surface area contributed by atoms with Crippen molar-refractivity contribution in [3.8, 4) is 0 Å². The van der Waals surface area contributed by atoms with Crippen LogP contribution in [0.2, 0.25) is 0 Å². The molecular formula is C12H22N2O2. The van der Waals surface area contributed by atoms with Gasteiger partial charge in [-0.15, -0.1) is 0 Å². The van der Waals surface area contributed by atoms with Crippen LogP contribution in [-0.4, -0.2) is 49.7 Å². The third-order valence-corrected chi connectivity index (χ3v) is 3.74. The summed E-state index contributed by atoms with van der Waals surface area (Å²) in [5.74, 6) is 0.808. The van der Waals surface area contributed by atoms with Crippen molar-refractivity contribution in [2.45, 2.75) is 31.8 Å². The molecule has 2 atom stereocenters. The molecule has 4 heteroatoms. The zero-order chi connectivity index (χ0) is 11.6. The molecule has 92 valence electrons. The third kappa shape index (κ3) is 2.23. The molecule has 2 rings (SSSR count). The number of hydrogen-bond donors (Lipinski definition) is 1. The van der Waals surface area contributed by atoms with Gasteiger partial charge in [0, 0.05) is 19.7 Å². The Morgan fingerprint density at radius 1 is 1.62 bits per heavy atom. The quantitative estimate of drug-likeness (QED) is 0.767. The molecule has 0 saturated carbocycles. The van der Waals surface area contributed by atoms with E-state index in [1.54, 1.807) is 0 Å². The van der Waals surface area contributed by atoms with Gasteiger partial charge in [0.05, 0.1) is 0 Å². The fraction of sp³-hybridized carbons (Fsp3) is 0.917. The number of ether oxygens (including phenoxy) is 1. The van der Waals surface area contributed by atoms with Gasteiger partial charge in [0.2, 0.25) is 0 Å². The summed E-state index contributed by atoms with van der Waals surface area (Å²) in [6, 6.07) is 0. The number of carbonyl (C=O) groups is 1. The molecule has 0 spiro atoms. The summed E-state index contributed by atoms with van der Waals surface area (Å²) in [4.78, 5) is 14.3. The molecule has 1 amide bonds. The van der Waals surface area contributed by atoms with E-state index >= 15 is 0 Å². The largest absolute Gasteiger partial charge is 0.365 e. The Hall–Kier alpha value is -0.610. The van der Waals surface area contributed by atoms with E-state index in [1.807, 2.05) is 18.9 Å². The van der Waals surface area contributed by atoms with Crippen molar-refractivity contribution >= 4 is 5.91 Å². The van der Waals surface area contributed by atoms with Crippen LogP contribution >= 0.6 is 0 Å². The molecular weight excluding hydrogens is 204 g/mol. The summed E-state index contributed by atoms with van der Waals surface area (Å²) in [6.45, 7) is 5.45. The standard InChI is InChI=1S/C12H22N2O2/c1-12(5-3-7-16-12)11(15)14-6-4-10(9-14)8-13-2/h10,13H,3-9H2,1-2H3. The molecule has 0 aromatic rings. The summed E-state index contributed by atoms with van der Waals surface area (Å²) >= 11 is 0. The van der Waals surface area contributed by atoms with E-state index in [0.29, 0.717) is 5.92 Å². The zero-order valence-corrected chi connectivity index (χ0v) is 10.3. The second-order valence-corrected chi connectivity index (χ2v) is 5.15. The number of nitrogens with zero attached hydrogens (tertiary/aromatic N) is 1. The Morgan fingerprint density at radius 2 is 2.44 bits per heavy atom. The normalized spacial score (nSPS) is 34.6. The van der Waals surface area contributed by atoms with E-state index < -0.39 is 5.60 Å². The molecule has 2 aliphatic heterocycles. The predicted molar refractivity (Wildman–Crippen MR) is 62.2 cm³/mol. The Labute approximate surface area is 97.3 Å². The SMILES string of the molecule is CNCC1CCN(C(=O)C2(C)CCCO2)C1. The number of carbonyl (C=O) groups excluding carboxylic acids is 1. The molecule has 2 unspecified atom stereocenters. The highest BCUT2D eigenvalue weighted by atomic mass is 16.5. The number of rotatable bonds is 3. The number of nitrogens with one attached hydrogen (secondary N) is 1. The number of likely N-dealkylation sites (tertiary alicyclic amines) is 1. The summed E-state index contributed by atoms with van der Waals surface area (Å²) in [5, 5.41) is 3.18. The lowest BCUT2D eigenvalue weighted by Gasteiger charge is -2.28. The minimum absolute atomic E-state index is 0.198. The minimum Gasteiger partial charge on any atom is -0.365 e. The van der Waals surface area contributed by atoms with Crippen LogP contribution < -0.4 is 5.32 Å². The topological polar surface area (TPSA) is 41.6 Å². The molecule has 16 heavy (non-hydrogen) atoms. The summed E-state index contributed by atoms with van der Waals surface area (Å²) in [6.07, 6.45) is 3.00. The Morgan fingerprint density at radius 3 is 3.06 bits per heavy atom. The monoisotopic (exact) mass is 226 g/mol. The van der Waals surface area contributed by atoms with Crippen LogP contribution in [0.4, 0.5) is 0 Å². The maximum atomic E-state index is 12.3. The molecule has 2 heterocycles. The molecule has 0 aliphatic carbocycles. The van der Waals surface area contributed by atoms with Crippen molar-refractivity contribution < 1.29 is 9.53 Å². The van der Waals surface area contributed by atoms with Crippen LogP contribution in [0.25, 0.3) is 0 Å². The average Bonchev–Trinajstić information content (AvgIpc) is 2.88. The maximum absolute atomic E-state index is 12.3. The van der Waals surface area contributed by atoms with Crippen LogP contribution in [0, 0.1) is 5.92 Å². The van der Waals surface area contributed by atoms with Crippen molar-refractivity contribution in [3.05, 3.63) is 0 Å².